The van der Waals surface area contributed by atoms with E-state index in [1.807, 2.05) is 11.8 Å². The van der Waals surface area contributed by atoms with E-state index in [1.54, 1.807) is 13.0 Å². The lowest BCUT2D eigenvalue weighted by atomic mass is 9.98. The first-order valence-electron chi connectivity index (χ1n) is 7.96. The standard InChI is InChI=1S/C17H24N2O3S/c1-10-8-11(2)18-16(15(10)17(21)22)23-9-14(20)19-12(3)6-5-7-13(19)4/h8,12-13H,5-7,9H2,1-4H3,(H,21,22). The van der Waals surface area contributed by atoms with Crippen molar-refractivity contribution in [3.05, 3.63) is 22.9 Å². The van der Waals surface area contributed by atoms with Crippen LogP contribution in [0.15, 0.2) is 11.1 Å². The summed E-state index contributed by atoms with van der Waals surface area (Å²) >= 11 is 1.23. The molecular formula is C17H24N2O3S. The third kappa shape index (κ3) is 4.05. The topological polar surface area (TPSA) is 70.5 Å². The molecule has 1 aromatic heterocycles. The molecule has 23 heavy (non-hydrogen) atoms. The molecule has 1 amide bonds. The SMILES string of the molecule is Cc1cc(C)c(C(=O)O)c(SCC(=O)N2C(C)CCCC2C)n1. The Morgan fingerprint density at radius 1 is 1.30 bits per heavy atom. The minimum atomic E-state index is -0.996. The van der Waals surface area contributed by atoms with Gasteiger partial charge in [0.2, 0.25) is 5.91 Å². The highest BCUT2D eigenvalue weighted by molar-refractivity contribution is 8.00. The van der Waals surface area contributed by atoms with E-state index in [2.05, 4.69) is 18.8 Å². The monoisotopic (exact) mass is 336 g/mol. The Balaban J connectivity index is 2.14. The number of aromatic carboxylic acids is 1. The number of carboxylic acids is 1. The molecule has 0 bridgehead atoms. The number of thioether (sulfide) groups is 1. The van der Waals surface area contributed by atoms with E-state index in [9.17, 15) is 14.7 Å². The first-order chi connectivity index (χ1) is 10.8. The number of rotatable bonds is 4. The number of likely N-dealkylation sites (tertiary alicyclic amines) is 1. The fraction of sp³-hybridized carbons (Fsp3) is 0.588. The molecule has 1 N–H and O–H groups in total. The quantitative estimate of drug-likeness (QED) is 0.855. The minimum absolute atomic E-state index is 0.0620. The van der Waals surface area contributed by atoms with E-state index in [4.69, 9.17) is 0 Å². The second-order valence-electron chi connectivity index (χ2n) is 6.28. The molecule has 5 nitrogen and oxygen atoms in total. The van der Waals surface area contributed by atoms with Crippen molar-refractivity contribution >= 4 is 23.6 Å². The van der Waals surface area contributed by atoms with Gasteiger partial charge in [0.05, 0.1) is 11.3 Å². The van der Waals surface area contributed by atoms with E-state index in [0.717, 1.165) is 25.0 Å². The fourth-order valence-corrected chi connectivity index (χ4v) is 4.30. The van der Waals surface area contributed by atoms with Crippen molar-refractivity contribution in [2.45, 2.75) is 64.1 Å². The van der Waals surface area contributed by atoms with E-state index in [1.165, 1.54) is 11.8 Å². The highest BCUT2D eigenvalue weighted by atomic mass is 32.2. The van der Waals surface area contributed by atoms with Gasteiger partial charge >= 0.3 is 5.97 Å². The van der Waals surface area contributed by atoms with Gasteiger partial charge in [-0.25, -0.2) is 9.78 Å². The van der Waals surface area contributed by atoms with Crippen molar-refractivity contribution in [3.63, 3.8) is 0 Å². The number of aromatic nitrogens is 1. The maximum Gasteiger partial charge on any atom is 0.338 e. The van der Waals surface area contributed by atoms with Gasteiger partial charge < -0.3 is 10.0 Å². The van der Waals surface area contributed by atoms with E-state index < -0.39 is 5.97 Å². The number of carbonyl (C=O) groups excluding carboxylic acids is 1. The first kappa shape index (κ1) is 17.8. The Morgan fingerprint density at radius 2 is 1.91 bits per heavy atom. The summed E-state index contributed by atoms with van der Waals surface area (Å²) < 4.78 is 0. The third-order valence-electron chi connectivity index (χ3n) is 4.34. The number of piperidine rings is 1. The second-order valence-corrected chi connectivity index (χ2v) is 7.25. The van der Waals surface area contributed by atoms with Crippen LogP contribution in [0.4, 0.5) is 0 Å². The Labute approximate surface area is 141 Å². The summed E-state index contributed by atoms with van der Waals surface area (Å²) in [6.07, 6.45) is 3.22. The largest absolute Gasteiger partial charge is 0.478 e. The predicted octanol–water partition coefficient (Wildman–Crippen LogP) is 3.28. The summed E-state index contributed by atoms with van der Waals surface area (Å²) in [6, 6.07) is 2.25. The molecule has 2 rings (SSSR count). The van der Waals surface area contributed by atoms with Gasteiger partial charge in [-0.3, -0.25) is 4.79 Å². The van der Waals surface area contributed by atoms with Gasteiger partial charge in [-0.2, -0.15) is 0 Å². The minimum Gasteiger partial charge on any atom is -0.478 e. The molecule has 1 saturated heterocycles. The number of pyridine rings is 1. The van der Waals surface area contributed by atoms with Crippen molar-refractivity contribution in [1.29, 1.82) is 0 Å². The number of hydrogen-bond acceptors (Lipinski definition) is 4. The zero-order chi connectivity index (χ0) is 17.1. The molecule has 126 valence electrons. The molecule has 0 aliphatic carbocycles. The number of amides is 1. The Hall–Kier alpha value is -1.56. The fourth-order valence-electron chi connectivity index (χ4n) is 3.28. The van der Waals surface area contributed by atoms with Crippen LogP contribution in [0.3, 0.4) is 0 Å². The van der Waals surface area contributed by atoms with Crippen molar-refractivity contribution in [3.8, 4) is 0 Å². The molecule has 1 aromatic rings. The highest BCUT2D eigenvalue weighted by Gasteiger charge is 2.29. The van der Waals surface area contributed by atoms with Crippen LogP contribution < -0.4 is 0 Å². The van der Waals surface area contributed by atoms with Crippen molar-refractivity contribution in [2.24, 2.45) is 0 Å². The lowest BCUT2D eigenvalue weighted by Gasteiger charge is -2.39. The van der Waals surface area contributed by atoms with Crippen LogP contribution in [-0.2, 0) is 4.79 Å². The maximum atomic E-state index is 12.6. The zero-order valence-corrected chi connectivity index (χ0v) is 14.9. The average molecular weight is 336 g/mol. The van der Waals surface area contributed by atoms with Crippen molar-refractivity contribution in [1.82, 2.24) is 9.88 Å². The van der Waals surface area contributed by atoms with Crippen molar-refractivity contribution < 1.29 is 14.7 Å². The van der Waals surface area contributed by atoms with E-state index in [-0.39, 0.29) is 29.3 Å². The van der Waals surface area contributed by atoms with Gasteiger partial charge in [-0.05, 0) is 58.6 Å². The number of carboxylic acid groups (broad SMARTS) is 1. The summed E-state index contributed by atoms with van der Waals surface area (Å²) in [5, 5.41) is 9.82. The van der Waals surface area contributed by atoms with Gasteiger partial charge in [0, 0.05) is 17.8 Å². The van der Waals surface area contributed by atoms with Gasteiger partial charge in [-0.15, -0.1) is 0 Å². The van der Waals surface area contributed by atoms with Gasteiger partial charge in [-0.1, -0.05) is 11.8 Å². The van der Waals surface area contributed by atoms with Crippen LogP contribution in [0.25, 0.3) is 0 Å². The zero-order valence-electron chi connectivity index (χ0n) is 14.1. The molecule has 1 aliphatic heterocycles. The number of aryl methyl sites for hydroxylation is 2. The van der Waals surface area contributed by atoms with Crippen LogP contribution in [0.5, 0.6) is 0 Å². The molecule has 2 atom stereocenters. The van der Waals surface area contributed by atoms with Crippen LogP contribution in [0.1, 0.15) is 54.7 Å². The number of nitrogens with zero attached hydrogens (tertiary/aromatic N) is 2. The lowest BCUT2D eigenvalue weighted by Crippen LogP contribution is -2.48. The van der Waals surface area contributed by atoms with Crippen LogP contribution in [0, 0.1) is 13.8 Å². The summed E-state index contributed by atoms with van der Waals surface area (Å²) in [6.45, 7) is 7.75. The molecule has 0 radical (unpaired) electrons. The van der Waals surface area contributed by atoms with Crippen molar-refractivity contribution in [2.75, 3.05) is 5.75 Å². The predicted molar refractivity (Wildman–Crippen MR) is 91.0 cm³/mol. The summed E-state index contributed by atoms with van der Waals surface area (Å²) in [4.78, 5) is 30.3. The normalized spacial score (nSPS) is 21.3. The average Bonchev–Trinajstić information content (AvgIpc) is 2.43. The number of hydrogen-bond donors (Lipinski definition) is 1. The molecule has 2 heterocycles. The molecule has 1 fully saturated rings. The third-order valence-corrected chi connectivity index (χ3v) is 5.30. The van der Waals surface area contributed by atoms with Gasteiger partial charge in [0.25, 0.3) is 0 Å². The molecule has 2 unspecified atom stereocenters. The molecule has 0 aromatic carbocycles. The molecule has 0 saturated carbocycles. The molecule has 0 spiro atoms. The summed E-state index contributed by atoms with van der Waals surface area (Å²) in [5.41, 5.74) is 1.65. The summed E-state index contributed by atoms with van der Waals surface area (Å²) in [5.74, 6) is -0.707. The Bertz CT molecular complexity index is 608. The molecule has 6 heteroatoms. The Kier molecular flexibility index (Phi) is 5.68. The highest BCUT2D eigenvalue weighted by Crippen LogP contribution is 2.27. The van der Waals surface area contributed by atoms with Crippen LogP contribution >= 0.6 is 11.8 Å². The summed E-state index contributed by atoms with van der Waals surface area (Å²) in [7, 11) is 0. The molecular weight excluding hydrogens is 312 g/mol. The lowest BCUT2D eigenvalue weighted by molar-refractivity contribution is -0.134. The smallest absolute Gasteiger partial charge is 0.338 e. The van der Waals surface area contributed by atoms with Gasteiger partial charge in [0.15, 0.2) is 0 Å². The Morgan fingerprint density at radius 3 is 2.48 bits per heavy atom. The van der Waals surface area contributed by atoms with E-state index >= 15 is 0 Å². The maximum absolute atomic E-state index is 12.6. The molecule has 1 aliphatic rings. The van der Waals surface area contributed by atoms with E-state index in [0.29, 0.717) is 10.6 Å². The van der Waals surface area contributed by atoms with Crippen LogP contribution in [0.2, 0.25) is 0 Å². The first-order valence-corrected chi connectivity index (χ1v) is 8.95. The van der Waals surface area contributed by atoms with Crippen LogP contribution in [-0.4, -0.2) is 44.7 Å². The number of carbonyl (C=O) groups is 2. The van der Waals surface area contributed by atoms with Gasteiger partial charge in [0.1, 0.15) is 5.03 Å². The second kappa shape index (κ2) is 7.34.